The average molecular weight is 577 g/mol. The van der Waals surface area contributed by atoms with E-state index in [-0.39, 0.29) is 24.7 Å². The number of hydrogen-bond donors (Lipinski definition) is 0. The van der Waals surface area contributed by atoms with E-state index >= 15 is 0 Å². The SMILES string of the molecule is Cc1c(C)c2c(c(C)c1OCc1ccccc1)CC[C@@](C)(CC(=O)CC(=O)O[C@H](C)C=CC[C@H](C)CCCC(C)C)O2. The monoisotopic (exact) mass is 576 g/mol. The number of carbonyl (C=O) groups excluding carboxylic acids is 2. The lowest BCUT2D eigenvalue weighted by Crippen LogP contribution is -2.39. The number of ketones is 1. The number of esters is 1. The maximum Gasteiger partial charge on any atom is 0.313 e. The molecular formula is C37H52O5. The van der Waals surface area contributed by atoms with Gasteiger partial charge in [-0.25, -0.2) is 0 Å². The Morgan fingerprint density at radius 3 is 2.40 bits per heavy atom. The summed E-state index contributed by atoms with van der Waals surface area (Å²) < 4.78 is 18.3. The Labute approximate surface area is 254 Å². The molecule has 0 radical (unpaired) electrons. The lowest BCUT2D eigenvalue weighted by molar-refractivity contribution is -0.148. The van der Waals surface area contributed by atoms with Crippen molar-refractivity contribution in [3.63, 3.8) is 0 Å². The molecule has 0 unspecified atom stereocenters. The smallest absolute Gasteiger partial charge is 0.313 e. The van der Waals surface area contributed by atoms with Crippen LogP contribution in [0.4, 0.5) is 0 Å². The number of hydrogen-bond acceptors (Lipinski definition) is 5. The zero-order valence-corrected chi connectivity index (χ0v) is 27.2. The number of Topliss-reactive ketones (excluding diaryl/α,β-unsaturated/α-hetero) is 1. The predicted molar refractivity (Wildman–Crippen MR) is 170 cm³/mol. The van der Waals surface area contributed by atoms with Crippen LogP contribution in [-0.2, 0) is 27.4 Å². The molecule has 0 N–H and O–H groups in total. The van der Waals surface area contributed by atoms with Crippen LogP contribution in [0.25, 0.3) is 0 Å². The summed E-state index contributed by atoms with van der Waals surface area (Å²) in [6.45, 7) is 17.3. The van der Waals surface area contributed by atoms with Gasteiger partial charge in [0.05, 0.1) is 0 Å². The van der Waals surface area contributed by atoms with Crippen molar-refractivity contribution in [1.29, 1.82) is 0 Å². The topological polar surface area (TPSA) is 61.8 Å². The van der Waals surface area contributed by atoms with Gasteiger partial charge < -0.3 is 14.2 Å². The number of ether oxygens (including phenoxy) is 3. The van der Waals surface area contributed by atoms with Crippen molar-refractivity contribution >= 4 is 11.8 Å². The van der Waals surface area contributed by atoms with Crippen molar-refractivity contribution in [3.05, 3.63) is 70.3 Å². The predicted octanol–water partition coefficient (Wildman–Crippen LogP) is 8.96. The molecule has 1 aliphatic heterocycles. The van der Waals surface area contributed by atoms with Crippen molar-refractivity contribution in [2.75, 3.05) is 0 Å². The summed E-state index contributed by atoms with van der Waals surface area (Å²) in [6, 6.07) is 10.2. The van der Waals surface area contributed by atoms with Crippen molar-refractivity contribution < 1.29 is 23.8 Å². The van der Waals surface area contributed by atoms with Gasteiger partial charge in [-0.15, -0.1) is 0 Å². The van der Waals surface area contributed by atoms with E-state index in [4.69, 9.17) is 14.2 Å². The Morgan fingerprint density at radius 2 is 1.71 bits per heavy atom. The Morgan fingerprint density at radius 1 is 1.00 bits per heavy atom. The minimum absolute atomic E-state index is 0.158. The zero-order chi connectivity index (χ0) is 30.9. The lowest BCUT2D eigenvalue weighted by atomic mass is 9.84. The Bertz CT molecular complexity index is 1230. The van der Waals surface area contributed by atoms with Gasteiger partial charge in [-0.3, -0.25) is 9.59 Å². The average Bonchev–Trinajstić information content (AvgIpc) is 2.91. The summed E-state index contributed by atoms with van der Waals surface area (Å²) in [4.78, 5) is 25.5. The van der Waals surface area contributed by atoms with Gasteiger partial charge in [0.25, 0.3) is 0 Å². The van der Waals surface area contributed by atoms with Crippen LogP contribution in [0.1, 0.15) is 107 Å². The van der Waals surface area contributed by atoms with E-state index in [0.717, 1.165) is 58.1 Å². The summed E-state index contributed by atoms with van der Waals surface area (Å²) in [5, 5.41) is 0. The number of benzene rings is 2. The summed E-state index contributed by atoms with van der Waals surface area (Å²) in [7, 11) is 0. The Kier molecular flexibility index (Phi) is 12.3. The molecule has 0 bridgehead atoms. The van der Waals surface area contributed by atoms with Crippen molar-refractivity contribution in [3.8, 4) is 11.5 Å². The normalized spacial score (nSPS) is 17.9. The first-order valence-corrected chi connectivity index (χ1v) is 15.7. The van der Waals surface area contributed by atoms with Crippen LogP contribution in [0.5, 0.6) is 11.5 Å². The van der Waals surface area contributed by atoms with Gasteiger partial charge in [-0.2, -0.15) is 0 Å². The van der Waals surface area contributed by atoms with Gasteiger partial charge in [0.1, 0.15) is 42.0 Å². The standard InChI is InChI=1S/C37H52O5/c1-25(2)14-12-15-26(3)16-13-17-27(4)41-34(39)22-32(38)23-37(8)21-20-33-30(7)35(28(5)29(6)36(33)42-37)40-24-31-18-10-9-11-19-31/h9-11,13,17-19,25-27H,12,14-16,20-24H2,1-8H3/t26-,27-,37+/m1/s1. The van der Waals surface area contributed by atoms with E-state index in [1.54, 1.807) is 0 Å². The zero-order valence-electron chi connectivity index (χ0n) is 27.2. The lowest BCUT2D eigenvalue weighted by Gasteiger charge is -2.38. The van der Waals surface area contributed by atoms with Crippen LogP contribution >= 0.6 is 0 Å². The minimum atomic E-state index is -0.669. The van der Waals surface area contributed by atoms with Gasteiger partial charge in [0, 0.05) is 12.0 Å². The molecule has 0 amide bonds. The highest BCUT2D eigenvalue weighted by Crippen LogP contribution is 2.44. The molecule has 0 spiro atoms. The minimum Gasteiger partial charge on any atom is -0.488 e. The molecule has 5 nitrogen and oxygen atoms in total. The number of rotatable bonds is 15. The highest BCUT2D eigenvalue weighted by Gasteiger charge is 2.37. The third-order valence-corrected chi connectivity index (χ3v) is 8.44. The van der Waals surface area contributed by atoms with Gasteiger partial charge in [-0.05, 0) is 94.0 Å². The van der Waals surface area contributed by atoms with E-state index < -0.39 is 11.6 Å². The van der Waals surface area contributed by atoms with Gasteiger partial charge in [0.2, 0.25) is 0 Å². The number of fused-ring (bicyclic) bond motifs is 1. The fourth-order valence-corrected chi connectivity index (χ4v) is 5.78. The van der Waals surface area contributed by atoms with Crippen LogP contribution in [0.2, 0.25) is 0 Å². The second-order valence-electron chi connectivity index (χ2n) is 13.0. The maximum atomic E-state index is 12.9. The molecule has 42 heavy (non-hydrogen) atoms. The molecule has 0 fully saturated rings. The molecule has 3 atom stereocenters. The van der Waals surface area contributed by atoms with Crippen molar-refractivity contribution in [2.24, 2.45) is 11.8 Å². The molecule has 1 aliphatic rings. The van der Waals surface area contributed by atoms with Crippen LogP contribution in [0, 0.1) is 32.6 Å². The van der Waals surface area contributed by atoms with E-state index in [2.05, 4.69) is 59.8 Å². The highest BCUT2D eigenvalue weighted by atomic mass is 16.5. The second-order valence-corrected chi connectivity index (χ2v) is 13.0. The third-order valence-electron chi connectivity index (χ3n) is 8.44. The number of carbonyl (C=O) groups is 2. The first-order valence-electron chi connectivity index (χ1n) is 15.7. The largest absolute Gasteiger partial charge is 0.488 e. The molecule has 5 heteroatoms. The fraction of sp³-hybridized carbons (Fsp3) is 0.568. The van der Waals surface area contributed by atoms with Crippen LogP contribution in [0.15, 0.2) is 42.5 Å². The highest BCUT2D eigenvalue weighted by molar-refractivity contribution is 5.96. The third kappa shape index (κ3) is 9.74. The molecule has 2 aromatic carbocycles. The van der Waals surface area contributed by atoms with E-state index in [9.17, 15) is 9.59 Å². The van der Waals surface area contributed by atoms with Crippen molar-refractivity contribution in [2.45, 2.75) is 125 Å². The van der Waals surface area contributed by atoms with Gasteiger partial charge >= 0.3 is 5.97 Å². The molecular weight excluding hydrogens is 524 g/mol. The van der Waals surface area contributed by atoms with Gasteiger partial charge in [-0.1, -0.05) is 76.4 Å². The summed E-state index contributed by atoms with van der Waals surface area (Å²) >= 11 is 0. The summed E-state index contributed by atoms with van der Waals surface area (Å²) in [6.07, 6.45) is 9.76. The molecule has 230 valence electrons. The Hall–Kier alpha value is -3.08. The quantitative estimate of drug-likeness (QED) is 0.120. The van der Waals surface area contributed by atoms with Crippen molar-refractivity contribution in [1.82, 2.24) is 0 Å². The summed E-state index contributed by atoms with van der Waals surface area (Å²) in [5.74, 6) is 2.47. The first-order chi connectivity index (χ1) is 19.9. The first kappa shape index (κ1) is 33.4. The van der Waals surface area contributed by atoms with E-state index in [0.29, 0.717) is 18.9 Å². The van der Waals surface area contributed by atoms with Crippen LogP contribution in [0.3, 0.4) is 0 Å². The Balaban J connectivity index is 1.52. The molecule has 1 heterocycles. The molecule has 0 aromatic heterocycles. The maximum absolute atomic E-state index is 12.9. The number of allylic oxidation sites excluding steroid dienone is 1. The van der Waals surface area contributed by atoms with Crippen LogP contribution < -0.4 is 9.47 Å². The molecule has 0 saturated carbocycles. The fourth-order valence-electron chi connectivity index (χ4n) is 5.78. The molecule has 2 aromatic rings. The molecule has 3 rings (SSSR count). The van der Waals surface area contributed by atoms with Crippen LogP contribution in [-0.4, -0.2) is 23.5 Å². The second kappa shape index (κ2) is 15.4. The summed E-state index contributed by atoms with van der Waals surface area (Å²) in [5.41, 5.74) is 4.77. The van der Waals surface area contributed by atoms with E-state index in [1.165, 1.54) is 19.3 Å². The van der Waals surface area contributed by atoms with Gasteiger partial charge in [0.15, 0.2) is 0 Å². The molecule has 0 saturated heterocycles. The van der Waals surface area contributed by atoms with E-state index in [1.807, 2.05) is 38.1 Å². The molecule has 0 aliphatic carbocycles.